The summed E-state index contributed by atoms with van der Waals surface area (Å²) in [5, 5.41) is 2.71. The zero-order valence-electron chi connectivity index (χ0n) is 18.0. The highest BCUT2D eigenvalue weighted by Gasteiger charge is 2.27. The first-order valence-corrected chi connectivity index (χ1v) is 13.1. The van der Waals surface area contributed by atoms with Gasteiger partial charge in [-0.3, -0.25) is 13.8 Å². The lowest BCUT2D eigenvalue weighted by atomic mass is 10.0. The second-order valence-electron chi connectivity index (χ2n) is 7.64. The van der Waals surface area contributed by atoms with Crippen LogP contribution in [0.5, 0.6) is 0 Å². The Morgan fingerprint density at radius 3 is 2.29 bits per heavy atom. The maximum atomic E-state index is 13.0. The van der Waals surface area contributed by atoms with Crippen LogP contribution in [0.15, 0.2) is 35.2 Å². The summed E-state index contributed by atoms with van der Waals surface area (Å²) in [6.07, 6.45) is 1.46. The van der Waals surface area contributed by atoms with Gasteiger partial charge in [-0.1, -0.05) is 6.07 Å². The summed E-state index contributed by atoms with van der Waals surface area (Å²) in [7, 11) is -7.37. The summed E-state index contributed by atoms with van der Waals surface area (Å²) in [4.78, 5) is 11.5. The van der Waals surface area contributed by atoms with Gasteiger partial charge in [0, 0.05) is 19.2 Å². The van der Waals surface area contributed by atoms with Crippen molar-refractivity contribution >= 4 is 43.0 Å². The molecule has 0 fully saturated rings. The van der Waals surface area contributed by atoms with E-state index in [1.165, 1.54) is 23.4 Å². The second kappa shape index (κ2) is 8.51. The molecule has 0 spiro atoms. The van der Waals surface area contributed by atoms with E-state index in [1.54, 1.807) is 39.0 Å². The number of anilines is 3. The van der Waals surface area contributed by atoms with E-state index >= 15 is 0 Å². The maximum Gasteiger partial charge on any atom is 0.261 e. The lowest BCUT2D eigenvalue weighted by Gasteiger charge is -2.30. The van der Waals surface area contributed by atoms with Gasteiger partial charge in [-0.25, -0.2) is 16.8 Å². The molecule has 3 rings (SSSR count). The van der Waals surface area contributed by atoms with Gasteiger partial charge < -0.3 is 5.32 Å². The number of benzene rings is 2. The third kappa shape index (κ3) is 4.85. The summed E-state index contributed by atoms with van der Waals surface area (Å²) in [6.45, 7) is 6.81. The number of carbonyl (C=O) groups is 1. The van der Waals surface area contributed by atoms with Gasteiger partial charge in [0.05, 0.1) is 22.0 Å². The summed E-state index contributed by atoms with van der Waals surface area (Å²) in [6, 6.07) is 7.97. The maximum absolute atomic E-state index is 13.0. The molecule has 0 bridgehead atoms. The molecule has 8 nitrogen and oxygen atoms in total. The molecule has 10 heteroatoms. The van der Waals surface area contributed by atoms with E-state index < -0.39 is 20.0 Å². The van der Waals surface area contributed by atoms with Gasteiger partial charge in [0.2, 0.25) is 15.9 Å². The normalized spacial score (nSPS) is 14.1. The van der Waals surface area contributed by atoms with Crippen molar-refractivity contribution in [3.63, 3.8) is 0 Å². The highest BCUT2D eigenvalue weighted by atomic mass is 32.2. The Bertz CT molecular complexity index is 1210. The third-order valence-electron chi connectivity index (χ3n) is 5.23. The first kappa shape index (κ1) is 23.1. The smallest absolute Gasteiger partial charge is 0.261 e. The highest BCUT2D eigenvalue weighted by molar-refractivity contribution is 7.93. The number of amides is 1. The number of hydrogen-bond donors (Lipinski definition) is 2. The molecule has 168 valence electrons. The molecule has 1 amide bonds. The second-order valence-corrected chi connectivity index (χ2v) is 11.5. The third-order valence-corrected chi connectivity index (χ3v) is 8.37. The summed E-state index contributed by atoms with van der Waals surface area (Å²) >= 11 is 0. The van der Waals surface area contributed by atoms with E-state index in [2.05, 4.69) is 10.0 Å². The number of fused-ring (bicyclic) bond motifs is 1. The van der Waals surface area contributed by atoms with E-state index in [0.717, 1.165) is 18.4 Å². The Morgan fingerprint density at radius 2 is 1.71 bits per heavy atom. The SMILES string of the molecule is CCS(=O)(=O)N1CCCc2ccc(NS(=O)(=O)c3cc(C)c(NC(C)=O)c(C)c3)cc21. The fraction of sp³-hybridized carbons (Fsp3) is 0.381. The molecule has 2 aromatic carbocycles. The monoisotopic (exact) mass is 465 g/mol. The van der Waals surface area contributed by atoms with Crippen molar-refractivity contribution in [1.82, 2.24) is 0 Å². The molecule has 0 aromatic heterocycles. The number of carbonyl (C=O) groups excluding carboxylic acids is 1. The average molecular weight is 466 g/mol. The predicted molar refractivity (Wildman–Crippen MR) is 123 cm³/mol. The number of aryl methyl sites for hydroxylation is 3. The van der Waals surface area contributed by atoms with Crippen molar-refractivity contribution < 1.29 is 21.6 Å². The van der Waals surface area contributed by atoms with Gasteiger partial charge in [0.25, 0.3) is 10.0 Å². The molecule has 0 saturated carbocycles. The van der Waals surface area contributed by atoms with Crippen LogP contribution < -0.4 is 14.3 Å². The van der Waals surface area contributed by atoms with E-state index in [0.29, 0.717) is 29.0 Å². The van der Waals surface area contributed by atoms with Crippen molar-refractivity contribution in [2.24, 2.45) is 0 Å². The molecule has 0 unspecified atom stereocenters. The van der Waals surface area contributed by atoms with Gasteiger partial charge in [0.1, 0.15) is 0 Å². The average Bonchev–Trinajstić information content (AvgIpc) is 2.69. The van der Waals surface area contributed by atoms with Crippen LogP contribution in [-0.2, 0) is 31.3 Å². The van der Waals surface area contributed by atoms with Gasteiger partial charge >= 0.3 is 0 Å². The van der Waals surface area contributed by atoms with Crippen molar-refractivity contribution in [1.29, 1.82) is 0 Å². The molecule has 2 N–H and O–H groups in total. The summed E-state index contributed by atoms with van der Waals surface area (Å²) in [5.41, 5.74) is 3.51. The molecule has 31 heavy (non-hydrogen) atoms. The number of sulfonamides is 2. The molecule has 0 atom stereocenters. The molecule has 0 saturated heterocycles. The lowest BCUT2D eigenvalue weighted by molar-refractivity contribution is -0.114. The van der Waals surface area contributed by atoms with Gasteiger partial charge in [0.15, 0.2) is 0 Å². The van der Waals surface area contributed by atoms with E-state index in [-0.39, 0.29) is 22.2 Å². The summed E-state index contributed by atoms with van der Waals surface area (Å²) < 4.78 is 54.9. The van der Waals surface area contributed by atoms with Crippen LogP contribution in [0.4, 0.5) is 17.1 Å². The van der Waals surface area contributed by atoms with Crippen molar-refractivity contribution in [2.45, 2.75) is 45.4 Å². The highest BCUT2D eigenvalue weighted by Crippen LogP contribution is 2.33. The number of hydrogen-bond acceptors (Lipinski definition) is 5. The Kier molecular flexibility index (Phi) is 6.33. The van der Waals surface area contributed by atoms with Crippen LogP contribution in [-0.4, -0.2) is 35.0 Å². The van der Waals surface area contributed by atoms with Crippen LogP contribution in [0.1, 0.15) is 37.0 Å². The molecule has 0 radical (unpaired) electrons. The number of rotatable bonds is 6. The number of nitrogens with one attached hydrogen (secondary N) is 2. The summed E-state index contributed by atoms with van der Waals surface area (Å²) in [5.74, 6) is -0.262. The zero-order chi connectivity index (χ0) is 23.0. The Morgan fingerprint density at radius 1 is 1.06 bits per heavy atom. The minimum atomic E-state index is -3.92. The fourth-order valence-electron chi connectivity index (χ4n) is 3.72. The van der Waals surface area contributed by atoms with Crippen LogP contribution in [0, 0.1) is 13.8 Å². The lowest BCUT2D eigenvalue weighted by Crippen LogP contribution is -2.36. The van der Waals surface area contributed by atoms with Crippen LogP contribution in [0.2, 0.25) is 0 Å². The quantitative estimate of drug-likeness (QED) is 0.680. The van der Waals surface area contributed by atoms with E-state index in [9.17, 15) is 21.6 Å². The van der Waals surface area contributed by atoms with E-state index in [1.807, 2.05) is 0 Å². The van der Waals surface area contributed by atoms with Crippen LogP contribution in [0.3, 0.4) is 0 Å². The number of nitrogens with zero attached hydrogens (tertiary/aromatic N) is 1. The standard InChI is InChI=1S/C21H27N3O5S2/c1-5-30(26,27)24-10-6-7-17-8-9-18(13-20(17)24)23-31(28,29)19-11-14(2)21(15(3)12-19)22-16(4)25/h8-9,11-13,23H,5-7,10H2,1-4H3,(H,22,25). The van der Waals surface area contributed by atoms with Gasteiger partial charge in [-0.15, -0.1) is 0 Å². The molecular formula is C21H27N3O5S2. The molecular weight excluding hydrogens is 438 g/mol. The molecule has 0 aliphatic carbocycles. The molecule has 1 aliphatic heterocycles. The fourth-order valence-corrected chi connectivity index (χ4v) is 6.12. The van der Waals surface area contributed by atoms with Gasteiger partial charge in [-0.2, -0.15) is 0 Å². The molecule has 1 heterocycles. The van der Waals surface area contributed by atoms with E-state index in [4.69, 9.17) is 0 Å². The van der Waals surface area contributed by atoms with Crippen LogP contribution >= 0.6 is 0 Å². The Hall–Kier alpha value is -2.59. The molecule has 1 aliphatic rings. The van der Waals surface area contributed by atoms with Gasteiger partial charge in [-0.05, 0) is 74.6 Å². The largest absolute Gasteiger partial charge is 0.326 e. The minimum Gasteiger partial charge on any atom is -0.326 e. The van der Waals surface area contributed by atoms with Crippen molar-refractivity contribution in [3.05, 3.63) is 47.0 Å². The zero-order valence-corrected chi connectivity index (χ0v) is 19.7. The van der Waals surface area contributed by atoms with Crippen molar-refractivity contribution in [3.8, 4) is 0 Å². The Labute approximate surface area is 183 Å². The minimum absolute atomic E-state index is 0.0262. The Balaban J connectivity index is 1.96. The van der Waals surface area contributed by atoms with Crippen molar-refractivity contribution in [2.75, 3.05) is 26.6 Å². The van der Waals surface area contributed by atoms with Crippen LogP contribution in [0.25, 0.3) is 0 Å². The first-order chi connectivity index (χ1) is 14.4. The predicted octanol–water partition coefficient (Wildman–Crippen LogP) is 3.16. The molecule has 2 aromatic rings. The first-order valence-electron chi connectivity index (χ1n) is 9.99. The topological polar surface area (TPSA) is 113 Å².